The van der Waals surface area contributed by atoms with Crippen LogP contribution in [-0.2, 0) is 14.3 Å². The smallest absolute Gasteiger partial charge is 0.311 e. The lowest BCUT2D eigenvalue weighted by atomic mass is 10.1. The van der Waals surface area contributed by atoms with Gasteiger partial charge in [0.05, 0.1) is 12.5 Å². The van der Waals surface area contributed by atoms with E-state index in [-0.39, 0.29) is 17.8 Å². The van der Waals surface area contributed by atoms with Crippen molar-refractivity contribution in [2.45, 2.75) is 105 Å². The minimum atomic E-state index is -0.243. The van der Waals surface area contributed by atoms with Crippen molar-refractivity contribution < 1.29 is 14.3 Å². The number of carbonyl (C=O) groups excluding carboxylic acids is 2. The monoisotopic (exact) mass is 369 g/mol. The molecule has 4 heteroatoms. The fraction of sp³-hybridized carbons (Fsp3) is 0.909. The van der Waals surface area contributed by atoms with Gasteiger partial charge in [-0.1, -0.05) is 85.5 Å². The third kappa shape index (κ3) is 11.5. The molecule has 0 aliphatic carbocycles. The predicted octanol–water partition coefficient (Wildman–Crippen LogP) is 5.74. The Morgan fingerprint density at radius 3 is 2.04 bits per heavy atom. The molecular formula is C22H43NO3. The van der Waals surface area contributed by atoms with Crippen molar-refractivity contribution in [3.63, 3.8) is 0 Å². The highest BCUT2D eigenvalue weighted by Gasteiger charge is 2.34. The van der Waals surface area contributed by atoms with Gasteiger partial charge in [0.2, 0.25) is 5.91 Å². The van der Waals surface area contributed by atoms with Crippen LogP contribution in [0.3, 0.4) is 0 Å². The number of esters is 1. The van der Waals surface area contributed by atoms with Crippen LogP contribution >= 0.6 is 0 Å². The molecule has 0 radical (unpaired) electrons. The molecule has 0 N–H and O–H groups in total. The first-order chi connectivity index (χ1) is 12.7. The summed E-state index contributed by atoms with van der Waals surface area (Å²) in [5, 5.41) is 0. The Hall–Kier alpha value is -1.06. The molecule has 1 aliphatic rings. The molecule has 0 saturated carbocycles. The summed E-state index contributed by atoms with van der Waals surface area (Å²) in [6.45, 7) is 10.2. The van der Waals surface area contributed by atoms with E-state index in [2.05, 4.69) is 13.8 Å². The summed E-state index contributed by atoms with van der Waals surface area (Å²) >= 11 is 0. The Morgan fingerprint density at radius 2 is 1.46 bits per heavy atom. The molecule has 0 aromatic heterocycles. The summed E-state index contributed by atoms with van der Waals surface area (Å²) in [4.78, 5) is 25.8. The first-order valence-electron chi connectivity index (χ1n) is 11.1. The van der Waals surface area contributed by atoms with Crippen LogP contribution in [0.25, 0.3) is 0 Å². The predicted molar refractivity (Wildman–Crippen MR) is 109 cm³/mol. The highest BCUT2D eigenvalue weighted by molar-refractivity contribution is 5.86. The van der Waals surface area contributed by atoms with Gasteiger partial charge in [-0.3, -0.25) is 9.59 Å². The zero-order valence-electron chi connectivity index (χ0n) is 17.9. The quantitative estimate of drug-likeness (QED) is 0.290. The Kier molecular flexibility index (Phi) is 16.7. The van der Waals surface area contributed by atoms with Crippen LogP contribution in [0.4, 0.5) is 0 Å². The van der Waals surface area contributed by atoms with E-state index in [1.165, 1.54) is 51.4 Å². The average molecular weight is 370 g/mol. The molecule has 1 unspecified atom stereocenters. The molecule has 154 valence electrons. The zero-order valence-corrected chi connectivity index (χ0v) is 17.9. The number of hydrogen-bond acceptors (Lipinski definition) is 3. The maximum absolute atomic E-state index is 12.0. The topological polar surface area (TPSA) is 46.6 Å². The van der Waals surface area contributed by atoms with Crippen molar-refractivity contribution in [3.8, 4) is 0 Å². The number of carbonyl (C=O) groups is 2. The molecule has 0 bridgehead atoms. The standard InChI is InChI=1S/C20H37NO3.C2H6/c1-3-5-7-8-9-10-11-12-13-14-21-17-18(16-19(21)22)20(23)24-15-6-4-2;1-2/h18H,3-17H2,1-2H3;1-2H3. The van der Waals surface area contributed by atoms with Gasteiger partial charge in [0, 0.05) is 19.5 Å². The van der Waals surface area contributed by atoms with Crippen LogP contribution < -0.4 is 0 Å². The molecule has 0 aromatic rings. The number of amides is 1. The van der Waals surface area contributed by atoms with E-state index in [0.717, 1.165) is 25.8 Å². The second kappa shape index (κ2) is 17.4. The Bertz CT molecular complexity index is 357. The van der Waals surface area contributed by atoms with Crippen molar-refractivity contribution >= 4 is 11.9 Å². The first kappa shape index (κ1) is 24.9. The molecule has 1 saturated heterocycles. The van der Waals surface area contributed by atoms with Crippen molar-refractivity contribution in [1.29, 1.82) is 0 Å². The largest absolute Gasteiger partial charge is 0.465 e. The van der Waals surface area contributed by atoms with Gasteiger partial charge in [-0.2, -0.15) is 0 Å². The van der Waals surface area contributed by atoms with Gasteiger partial charge in [-0.05, 0) is 12.8 Å². The molecule has 0 spiro atoms. The van der Waals surface area contributed by atoms with E-state index in [9.17, 15) is 9.59 Å². The SMILES string of the molecule is CC.CCCCCCCCCCCN1CC(C(=O)OCCCC)CC1=O. The minimum Gasteiger partial charge on any atom is -0.465 e. The molecule has 0 aromatic carbocycles. The van der Waals surface area contributed by atoms with Crippen molar-refractivity contribution in [2.75, 3.05) is 19.7 Å². The van der Waals surface area contributed by atoms with E-state index in [1.807, 2.05) is 18.7 Å². The number of nitrogens with zero attached hydrogens (tertiary/aromatic N) is 1. The molecule has 1 heterocycles. The molecule has 26 heavy (non-hydrogen) atoms. The Labute approximate surface area is 162 Å². The van der Waals surface area contributed by atoms with Crippen LogP contribution in [0, 0.1) is 5.92 Å². The van der Waals surface area contributed by atoms with Crippen molar-refractivity contribution in [3.05, 3.63) is 0 Å². The van der Waals surface area contributed by atoms with E-state index in [1.54, 1.807) is 0 Å². The fourth-order valence-corrected chi connectivity index (χ4v) is 3.19. The van der Waals surface area contributed by atoms with Gasteiger partial charge in [0.15, 0.2) is 0 Å². The van der Waals surface area contributed by atoms with Gasteiger partial charge in [-0.15, -0.1) is 0 Å². The van der Waals surface area contributed by atoms with Crippen molar-refractivity contribution in [1.82, 2.24) is 4.90 Å². The Morgan fingerprint density at radius 1 is 0.923 bits per heavy atom. The number of unbranched alkanes of at least 4 members (excludes halogenated alkanes) is 9. The molecule has 4 nitrogen and oxygen atoms in total. The summed E-state index contributed by atoms with van der Waals surface area (Å²) in [5.74, 6) is -0.314. The third-order valence-electron chi connectivity index (χ3n) is 4.82. The summed E-state index contributed by atoms with van der Waals surface area (Å²) in [6.07, 6.45) is 13.8. The number of hydrogen-bond donors (Lipinski definition) is 0. The summed E-state index contributed by atoms with van der Waals surface area (Å²) in [5.41, 5.74) is 0. The third-order valence-corrected chi connectivity index (χ3v) is 4.82. The molecule has 1 fully saturated rings. The lowest BCUT2D eigenvalue weighted by molar-refractivity contribution is -0.148. The second-order valence-electron chi connectivity index (χ2n) is 7.09. The van der Waals surface area contributed by atoms with Crippen LogP contribution in [0.5, 0.6) is 0 Å². The maximum atomic E-state index is 12.0. The summed E-state index contributed by atoms with van der Waals surface area (Å²) < 4.78 is 5.24. The number of likely N-dealkylation sites (tertiary alicyclic amines) is 1. The van der Waals surface area contributed by atoms with Crippen molar-refractivity contribution in [2.24, 2.45) is 5.92 Å². The van der Waals surface area contributed by atoms with Gasteiger partial charge in [0.25, 0.3) is 0 Å². The van der Waals surface area contributed by atoms with Gasteiger partial charge < -0.3 is 9.64 Å². The molecule has 1 rings (SSSR count). The Balaban J connectivity index is 0.00000301. The van der Waals surface area contributed by atoms with Gasteiger partial charge in [0.1, 0.15) is 0 Å². The highest BCUT2D eigenvalue weighted by Crippen LogP contribution is 2.20. The number of ether oxygens (including phenoxy) is 1. The van der Waals surface area contributed by atoms with Crippen LogP contribution in [0.15, 0.2) is 0 Å². The molecule has 1 atom stereocenters. The molecular weight excluding hydrogens is 326 g/mol. The van der Waals surface area contributed by atoms with Gasteiger partial charge >= 0.3 is 5.97 Å². The average Bonchev–Trinajstić information content (AvgIpc) is 3.03. The van der Waals surface area contributed by atoms with Gasteiger partial charge in [-0.25, -0.2) is 0 Å². The second-order valence-corrected chi connectivity index (χ2v) is 7.09. The lowest BCUT2D eigenvalue weighted by Crippen LogP contribution is -2.27. The fourth-order valence-electron chi connectivity index (χ4n) is 3.19. The van der Waals surface area contributed by atoms with Crippen LogP contribution in [0.1, 0.15) is 105 Å². The normalized spacial score (nSPS) is 16.4. The molecule has 1 amide bonds. The summed E-state index contributed by atoms with van der Waals surface area (Å²) in [6, 6.07) is 0. The van der Waals surface area contributed by atoms with Crippen LogP contribution in [0.2, 0.25) is 0 Å². The minimum absolute atomic E-state index is 0.118. The van der Waals surface area contributed by atoms with E-state index >= 15 is 0 Å². The van der Waals surface area contributed by atoms with E-state index in [0.29, 0.717) is 19.6 Å². The van der Waals surface area contributed by atoms with E-state index < -0.39 is 0 Å². The number of rotatable bonds is 14. The van der Waals surface area contributed by atoms with E-state index in [4.69, 9.17) is 4.74 Å². The lowest BCUT2D eigenvalue weighted by Gasteiger charge is -2.16. The highest BCUT2D eigenvalue weighted by atomic mass is 16.5. The maximum Gasteiger partial charge on any atom is 0.311 e. The first-order valence-corrected chi connectivity index (χ1v) is 11.1. The summed E-state index contributed by atoms with van der Waals surface area (Å²) in [7, 11) is 0. The molecule has 1 aliphatic heterocycles. The van der Waals surface area contributed by atoms with Crippen LogP contribution in [-0.4, -0.2) is 36.5 Å². The zero-order chi connectivity index (χ0) is 19.6.